The van der Waals surface area contributed by atoms with E-state index >= 15 is 0 Å². The summed E-state index contributed by atoms with van der Waals surface area (Å²) in [6.45, 7) is 1.90. The number of carbonyl (C=O) groups is 1. The summed E-state index contributed by atoms with van der Waals surface area (Å²) in [6.07, 6.45) is 3.47. The Morgan fingerprint density at radius 1 is 0.913 bits per heavy atom. The number of rotatable bonds is 5. The first-order chi connectivity index (χ1) is 11.2. The number of carbonyl (C=O) groups excluding carboxylic acids is 1. The second-order valence-corrected chi connectivity index (χ2v) is 7.41. The molecular weight excluding hydrogens is 397 g/mol. The Balaban J connectivity index is 1.78. The molecule has 0 N–H and O–H groups in total. The Hall–Kier alpha value is -1.20. The van der Waals surface area contributed by atoms with Crippen LogP contribution < -0.4 is 0 Å². The molecule has 1 aliphatic carbocycles. The maximum Gasteiger partial charge on any atom is 0.133 e. The van der Waals surface area contributed by atoms with Crippen molar-refractivity contribution in [1.29, 1.82) is 0 Å². The van der Waals surface area contributed by atoms with Crippen LogP contribution in [0, 0.1) is 3.57 Å². The highest BCUT2D eigenvalue weighted by Crippen LogP contribution is 2.25. The molecule has 120 valence electrons. The molecule has 2 nitrogen and oxygen atoms in total. The highest BCUT2D eigenvalue weighted by Gasteiger charge is 2.25. The Morgan fingerprint density at radius 3 is 2.26 bits per heavy atom. The van der Waals surface area contributed by atoms with Crippen molar-refractivity contribution in [2.45, 2.75) is 44.8 Å². The van der Waals surface area contributed by atoms with Gasteiger partial charge in [-0.05, 0) is 52.6 Å². The molecule has 23 heavy (non-hydrogen) atoms. The second-order valence-electron chi connectivity index (χ2n) is 6.25. The first-order valence-corrected chi connectivity index (χ1v) is 9.33. The zero-order valence-corrected chi connectivity index (χ0v) is 15.4. The van der Waals surface area contributed by atoms with Gasteiger partial charge in [-0.2, -0.15) is 0 Å². The predicted octanol–water partition coefficient (Wildman–Crippen LogP) is 4.81. The minimum absolute atomic E-state index is 0.426. The SMILES string of the molecule is O=C1CCC(N(Cc2ccccc2)Cc2ccccc2I)CC1. The van der Waals surface area contributed by atoms with Gasteiger partial charge >= 0.3 is 0 Å². The highest BCUT2D eigenvalue weighted by atomic mass is 127. The quantitative estimate of drug-likeness (QED) is 0.649. The number of nitrogens with zero attached hydrogens (tertiary/aromatic N) is 1. The van der Waals surface area contributed by atoms with Gasteiger partial charge in [-0.3, -0.25) is 9.69 Å². The minimum Gasteiger partial charge on any atom is -0.300 e. The van der Waals surface area contributed by atoms with Gasteiger partial charge in [0.1, 0.15) is 5.78 Å². The summed E-state index contributed by atoms with van der Waals surface area (Å²) < 4.78 is 1.31. The van der Waals surface area contributed by atoms with Crippen molar-refractivity contribution in [2.75, 3.05) is 0 Å². The van der Waals surface area contributed by atoms with E-state index in [9.17, 15) is 4.79 Å². The highest BCUT2D eigenvalue weighted by molar-refractivity contribution is 14.1. The van der Waals surface area contributed by atoms with E-state index in [0.717, 1.165) is 38.8 Å². The van der Waals surface area contributed by atoms with E-state index < -0.39 is 0 Å². The number of halogens is 1. The van der Waals surface area contributed by atoms with Gasteiger partial charge in [0.2, 0.25) is 0 Å². The number of hydrogen-bond acceptors (Lipinski definition) is 2. The number of Topliss-reactive ketones (excluding diaryl/α,β-unsaturated/α-hetero) is 1. The summed E-state index contributed by atoms with van der Waals surface area (Å²) >= 11 is 2.42. The molecule has 0 atom stereocenters. The molecule has 3 rings (SSSR count). The number of hydrogen-bond donors (Lipinski definition) is 0. The van der Waals surface area contributed by atoms with E-state index in [2.05, 4.69) is 82.1 Å². The predicted molar refractivity (Wildman–Crippen MR) is 102 cm³/mol. The molecule has 0 radical (unpaired) electrons. The molecule has 0 saturated heterocycles. The third-order valence-electron chi connectivity index (χ3n) is 4.59. The molecule has 0 spiro atoms. The Bertz CT molecular complexity index is 646. The molecule has 0 unspecified atom stereocenters. The summed E-state index contributed by atoms with van der Waals surface area (Å²) in [5.74, 6) is 0.426. The van der Waals surface area contributed by atoms with Crippen LogP contribution in [0.15, 0.2) is 54.6 Å². The average Bonchev–Trinajstić information content (AvgIpc) is 2.58. The number of benzene rings is 2. The molecule has 2 aromatic rings. The molecule has 3 heteroatoms. The molecule has 0 aromatic heterocycles. The Labute approximate surface area is 152 Å². The third kappa shape index (κ3) is 4.64. The summed E-state index contributed by atoms with van der Waals surface area (Å²) in [5, 5.41) is 0. The van der Waals surface area contributed by atoms with Crippen molar-refractivity contribution in [3.63, 3.8) is 0 Å². The second kappa shape index (κ2) is 8.06. The largest absolute Gasteiger partial charge is 0.300 e. The summed E-state index contributed by atoms with van der Waals surface area (Å²) in [4.78, 5) is 14.1. The van der Waals surface area contributed by atoms with Crippen molar-refractivity contribution in [1.82, 2.24) is 4.90 Å². The first-order valence-electron chi connectivity index (χ1n) is 8.25. The van der Waals surface area contributed by atoms with Crippen LogP contribution in [0.25, 0.3) is 0 Å². The fourth-order valence-electron chi connectivity index (χ4n) is 3.27. The van der Waals surface area contributed by atoms with Crippen LogP contribution in [0.3, 0.4) is 0 Å². The molecule has 0 aliphatic heterocycles. The van der Waals surface area contributed by atoms with Crippen molar-refractivity contribution >= 4 is 28.4 Å². The van der Waals surface area contributed by atoms with Gasteiger partial charge in [0.05, 0.1) is 0 Å². The van der Waals surface area contributed by atoms with E-state index in [4.69, 9.17) is 0 Å². The van der Waals surface area contributed by atoms with Gasteiger partial charge in [0, 0.05) is 35.5 Å². The van der Waals surface area contributed by atoms with Gasteiger partial charge in [0.25, 0.3) is 0 Å². The fourth-order valence-corrected chi connectivity index (χ4v) is 3.83. The number of ketones is 1. The summed E-state index contributed by atoms with van der Waals surface area (Å²) in [7, 11) is 0. The fraction of sp³-hybridized carbons (Fsp3) is 0.350. The molecule has 1 saturated carbocycles. The molecule has 0 amide bonds. The maximum atomic E-state index is 11.6. The van der Waals surface area contributed by atoms with Crippen LogP contribution in [0.1, 0.15) is 36.8 Å². The average molecular weight is 419 g/mol. The normalized spacial score (nSPS) is 16.0. The molecule has 1 fully saturated rings. The van der Waals surface area contributed by atoms with Crippen LogP contribution in [0.4, 0.5) is 0 Å². The van der Waals surface area contributed by atoms with E-state index in [1.165, 1.54) is 14.7 Å². The van der Waals surface area contributed by atoms with Gasteiger partial charge in [-0.25, -0.2) is 0 Å². The lowest BCUT2D eigenvalue weighted by Gasteiger charge is -2.34. The van der Waals surface area contributed by atoms with Crippen molar-refractivity contribution in [2.24, 2.45) is 0 Å². The topological polar surface area (TPSA) is 20.3 Å². The van der Waals surface area contributed by atoms with Crippen LogP contribution in [0.2, 0.25) is 0 Å². The van der Waals surface area contributed by atoms with Crippen LogP contribution >= 0.6 is 22.6 Å². The minimum atomic E-state index is 0.426. The lowest BCUT2D eigenvalue weighted by Crippen LogP contribution is -2.37. The molecule has 1 aliphatic rings. The van der Waals surface area contributed by atoms with Crippen molar-refractivity contribution in [3.05, 3.63) is 69.3 Å². The lowest BCUT2D eigenvalue weighted by molar-refractivity contribution is -0.121. The molecule has 2 aromatic carbocycles. The lowest BCUT2D eigenvalue weighted by atomic mass is 9.92. The molecule has 0 heterocycles. The first kappa shape index (κ1) is 16.7. The van der Waals surface area contributed by atoms with Crippen LogP contribution in [-0.4, -0.2) is 16.7 Å². The van der Waals surface area contributed by atoms with Gasteiger partial charge < -0.3 is 0 Å². The molecular formula is C20H22INO. The van der Waals surface area contributed by atoms with Gasteiger partial charge in [0.15, 0.2) is 0 Å². The van der Waals surface area contributed by atoms with Crippen molar-refractivity contribution < 1.29 is 4.79 Å². The summed E-state index contributed by atoms with van der Waals surface area (Å²) in [5.41, 5.74) is 2.72. The van der Waals surface area contributed by atoms with Crippen molar-refractivity contribution in [3.8, 4) is 0 Å². The smallest absolute Gasteiger partial charge is 0.133 e. The van der Waals surface area contributed by atoms with E-state index in [0.29, 0.717) is 11.8 Å². The molecule has 0 bridgehead atoms. The van der Waals surface area contributed by atoms with E-state index in [-0.39, 0.29) is 0 Å². The third-order valence-corrected chi connectivity index (χ3v) is 5.64. The zero-order chi connectivity index (χ0) is 16.1. The van der Waals surface area contributed by atoms with Crippen LogP contribution in [0.5, 0.6) is 0 Å². The standard InChI is InChI=1S/C20H22INO/c21-20-9-5-4-8-17(20)15-22(14-16-6-2-1-3-7-16)18-10-12-19(23)13-11-18/h1-9,18H,10-15H2. The van der Waals surface area contributed by atoms with E-state index in [1.54, 1.807) is 0 Å². The van der Waals surface area contributed by atoms with Gasteiger partial charge in [-0.1, -0.05) is 48.5 Å². The monoisotopic (exact) mass is 419 g/mol. The Kier molecular flexibility index (Phi) is 5.84. The van der Waals surface area contributed by atoms with Gasteiger partial charge in [-0.15, -0.1) is 0 Å². The zero-order valence-electron chi connectivity index (χ0n) is 13.2. The maximum absolute atomic E-state index is 11.6. The van der Waals surface area contributed by atoms with E-state index in [1.807, 2.05) is 0 Å². The van der Waals surface area contributed by atoms with Crippen LogP contribution in [-0.2, 0) is 17.9 Å². The summed E-state index contributed by atoms with van der Waals surface area (Å²) in [6, 6.07) is 19.7. The Morgan fingerprint density at radius 2 is 1.57 bits per heavy atom.